The lowest BCUT2D eigenvalue weighted by Crippen LogP contribution is -2.28. The molecule has 3 aliphatic rings. The molecule has 1 aromatic carbocycles. The molecule has 1 amide bonds. The molecule has 1 atom stereocenters. The van der Waals surface area contributed by atoms with Crippen LogP contribution in [0, 0.1) is 11.3 Å². The molecule has 118 valence electrons. The van der Waals surface area contributed by atoms with E-state index in [0.29, 0.717) is 0 Å². The van der Waals surface area contributed by atoms with Gasteiger partial charge in [0.1, 0.15) is 5.82 Å². The van der Waals surface area contributed by atoms with Gasteiger partial charge < -0.3 is 10.6 Å². The molecule has 0 saturated heterocycles. The van der Waals surface area contributed by atoms with E-state index in [0.717, 1.165) is 34.7 Å². The van der Waals surface area contributed by atoms with E-state index in [1.54, 1.807) is 6.92 Å². The first-order chi connectivity index (χ1) is 11.6. The van der Waals surface area contributed by atoms with Crippen LogP contribution in [0.1, 0.15) is 30.9 Å². The second-order valence-electron chi connectivity index (χ2n) is 7.21. The molecule has 1 aromatic heterocycles. The number of pyridine rings is 1. The fourth-order valence-corrected chi connectivity index (χ4v) is 3.84. The van der Waals surface area contributed by atoms with E-state index in [-0.39, 0.29) is 11.3 Å². The minimum Gasteiger partial charge on any atom is -0.369 e. The number of anilines is 2. The van der Waals surface area contributed by atoms with Crippen molar-refractivity contribution in [2.75, 3.05) is 17.2 Å². The first-order valence-electron chi connectivity index (χ1n) is 8.18. The lowest BCUT2D eigenvalue weighted by Gasteiger charge is -2.13. The second-order valence-corrected chi connectivity index (χ2v) is 7.21. The fraction of sp³-hybridized carbons (Fsp3) is 0.316. The number of nitrogens with one attached hydrogen (secondary N) is 2. The van der Waals surface area contributed by atoms with Gasteiger partial charge in [-0.1, -0.05) is 6.07 Å². The monoisotopic (exact) mass is 316 g/mol. The molecule has 1 spiro atoms. The van der Waals surface area contributed by atoms with Crippen molar-refractivity contribution < 1.29 is 4.79 Å². The molecule has 0 radical (unpaired) electrons. The predicted molar refractivity (Wildman–Crippen MR) is 90.7 cm³/mol. The van der Waals surface area contributed by atoms with Gasteiger partial charge >= 0.3 is 0 Å². The number of amides is 1. The lowest BCUT2D eigenvalue weighted by molar-refractivity contribution is -0.118. The molecular weight excluding hydrogens is 300 g/mol. The fourth-order valence-electron chi connectivity index (χ4n) is 3.84. The third kappa shape index (κ3) is 1.58. The Morgan fingerprint density at radius 1 is 1.21 bits per heavy atom. The summed E-state index contributed by atoms with van der Waals surface area (Å²) in [6.45, 7) is 2.65. The van der Waals surface area contributed by atoms with Crippen molar-refractivity contribution in [2.45, 2.75) is 30.6 Å². The maximum atomic E-state index is 12.1. The van der Waals surface area contributed by atoms with Crippen molar-refractivity contribution in [3.8, 4) is 17.2 Å². The number of hydrogen-bond donors (Lipinski definition) is 2. The number of carbonyl (C=O) groups is 1. The molecule has 2 aromatic rings. The number of carbonyl (C=O) groups excluding carboxylic acids is 1. The summed E-state index contributed by atoms with van der Waals surface area (Å²) >= 11 is 0. The standard InChI is InChI=1S/C19H16N4O/c1-18(9-20)13-6-11(2-3-15(13)23-17(18)24)12-7-14-16(21-8-12)22-10-19(14)4-5-19/h2-3,6-8H,4-5,10H2,1H3,(H,21,22)(H,23,24). The van der Waals surface area contributed by atoms with Crippen LogP contribution in [-0.2, 0) is 15.6 Å². The Morgan fingerprint density at radius 3 is 2.75 bits per heavy atom. The third-order valence-corrected chi connectivity index (χ3v) is 5.72. The van der Waals surface area contributed by atoms with E-state index < -0.39 is 5.41 Å². The summed E-state index contributed by atoms with van der Waals surface area (Å²) in [5.74, 6) is 0.737. The molecule has 1 aliphatic carbocycles. The molecule has 24 heavy (non-hydrogen) atoms. The molecule has 5 rings (SSSR count). The van der Waals surface area contributed by atoms with Crippen LogP contribution >= 0.6 is 0 Å². The van der Waals surface area contributed by atoms with E-state index in [1.165, 1.54) is 18.4 Å². The number of hydrogen-bond acceptors (Lipinski definition) is 4. The van der Waals surface area contributed by atoms with Gasteiger partial charge in [0.2, 0.25) is 5.91 Å². The quantitative estimate of drug-likeness (QED) is 0.848. The largest absolute Gasteiger partial charge is 0.369 e. The summed E-state index contributed by atoms with van der Waals surface area (Å²) in [5.41, 5.74) is 3.95. The highest BCUT2D eigenvalue weighted by atomic mass is 16.2. The molecule has 5 heteroatoms. The van der Waals surface area contributed by atoms with E-state index in [4.69, 9.17) is 0 Å². The van der Waals surface area contributed by atoms with Crippen molar-refractivity contribution in [2.24, 2.45) is 0 Å². The Morgan fingerprint density at radius 2 is 2.00 bits per heavy atom. The summed E-state index contributed by atoms with van der Waals surface area (Å²) in [7, 11) is 0. The van der Waals surface area contributed by atoms with Gasteiger partial charge in [-0.25, -0.2) is 4.98 Å². The van der Waals surface area contributed by atoms with Gasteiger partial charge in [-0.05, 0) is 43.5 Å². The summed E-state index contributed by atoms with van der Waals surface area (Å²) in [5, 5.41) is 15.7. The van der Waals surface area contributed by atoms with Gasteiger partial charge in [0.25, 0.3) is 0 Å². The van der Waals surface area contributed by atoms with Gasteiger partial charge in [-0.2, -0.15) is 5.26 Å². The topological polar surface area (TPSA) is 77.8 Å². The Kier molecular flexibility index (Phi) is 2.34. The average Bonchev–Trinajstić information content (AvgIpc) is 3.24. The molecule has 5 nitrogen and oxygen atoms in total. The van der Waals surface area contributed by atoms with Crippen molar-refractivity contribution in [1.82, 2.24) is 4.98 Å². The first-order valence-corrected chi connectivity index (χ1v) is 8.18. The molecule has 1 fully saturated rings. The molecule has 1 saturated carbocycles. The van der Waals surface area contributed by atoms with Crippen LogP contribution in [0.5, 0.6) is 0 Å². The number of rotatable bonds is 1. The van der Waals surface area contributed by atoms with E-state index >= 15 is 0 Å². The molecule has 2 aliphatic heterocycles. The van der Waals surface area contributed by atoms with Crippen LogP contribution < -0.4 is 10.6 Å². The minimum atomic E-state index is -1.13. The summed E-state index contributed by atoms with van der Waals surface area (Å²) in [4.78, 5) is 16.7. The SMILES string of the molecule is CC1(C#N)C(=O)Nc2ccc(-c3cnc4c(c3)C3(CC3)CN4)cc21. The van der Waals surface area contributed by atoms with E-state index in [9.17, 15) is 10.1 Å². The number of fused-ring (bicyclic) bond motifs is 3. The normalized spacial score (nSPS) is 24.8. The van der Waals surface area contributed by atoms with Crippen molar-refractivity contribution in [3.05, 3.63) is 41.6 Å². The highest BCUT2D eigenvalue weighted by Gasteiger charge is 2.49. The zero-order valence-electron chi connectivity index (χ0n) is 13.3. The smallest absolute Gasteiger partial charge is 0.249 e. The van der Waals surface area contributed by atoms with Crippen LogP contribution in [-0.4, -0.2) is 17.4 Å². The van der Waals surface area contributed by atoms with Gasteiger partial charge in [0.05, 0.1) is 6.07 Å². The minimum absolute atomic E-state index is 0.259. The molecule has 3 heterocycles. The lowest BCUT2D eigenvalue weighted by atomic mass is 9.84. The van der Waals surface area contributed by atoms with Gasteiger partial charge in [-0.3, -0.25) is 4.79 Å². The van der Waals surface area contributed by atoms with Crippen molar-refractivity contribution >= 4 is 17.4 Å². The zero-order chi connectivity index (χ0) is 16.5. The maximum absolute atomic E-state index is 12.1. The number of aromatic nitrogens is 1. The van der Waals surface area contributed by atoms with Gasteiger partial charge in [0.15, 0.2) is 5.41 Å². The van der Waals surface area contributed by atoms with E-state index in [1.807, 2.05) is 24.4 Å². The molecule has 0 bridgehead atoms. The van der Waals surface area contributed by atoms with Gasteiger partial charge in [0, 0.05) is 40.5 Å². The molecular formula is C19H16N4O. The number of benzene rings is 1. The number of nitriles is 1. The Balaban J connectivity index is 1.63. The van der Waals surface area contributed by atoms with Crippen LogP contribution in [0.2, 0.25) is 0 Å². The summed E-state index contributed by atoms with van der Waals surface area (Å²) in [6.07, 6.45) is 4.30. The Bertz CT molecular complexity index is 954. The predicted octanol–water partition coefficient (Wildman–Crippen LogP) is 2.94. The van der Waals surface area contributed by atoms with Gasteiger partial charge in [-0.15, -0.1) is 0 Å². The Labute approximate surface area is 139 Å². The first kappa shape index (κ1) is 13.6. The van der Waals surface area contributed by atoms with Crippen LogP contribution in [0.25, 0.3) is 11.1 Å². The van der Waals surface area contributed by atoms with E-state index in [2.05, 4.69) is 27.8 Å². The van der Waals surface area contributed by atoms with Crippen molar-refractivity contribution in [3.63, 3.8) is 0 Å². The van der Waals surface area contributed by atoms with Crippen molar-refractivity contribution in [1.29, 1.82) is 5.26 Å². The average molecular weight is 316 g/mol. The maximum Gasteiger partial charge on any atom is 0.249 e. The summed E-state index contributed by atoms with van der Waals surface area (Å²) in [6, 6.07) is 10.2. The third-order valence-electron chi connectivity index (χ3n) is 5.72. The highest BCUT2D eigenvalue weighted by Crippen LogP contribution is 2.54. The van der Waals surface area contributed by atoms with Crippen LogP contribution in [0.3, 0.4) is 0 Å². The highest BCUT2D eigenvalue weighted by molar-refractivity contribution is 6.08. The Hall–Kier alpha value is -2.87. The summed E-state index contributed by atoms with van der Waals surface area (Å²) < 4.78 is 0. The molecule has 1 unspecified atom stereocenters. The van der Waals surface area contributed by atoms with Crippen LogP contribution in [0.4, 0.5) is 11.5 Å². The second kappa shape index (κ2) is 4.15. The van der Waals surface area contributed by atoms with Crippen LogP contribution in [0.15, 0.2) is 30.5 Å². The zero-order valence-corrected chi connectivity index (χ0v) is 13.3. The number of nitrogens with zero attached hydrogens (tertiary/aromatic N) is 2. The molecule has 2 N–H and O–H groups in total.